The summed E-state index contributed by atoms with van der Waals surface area (Å²) in [6.45, 7) is 2.34. The number of alkyl halides is 2. The van der Waals surface area contributed by atoms with Gasteiger partial charge in [-0.1, -0.05) is 0 Å². The molecule has 1 rings (SSSR count). The zero-order valence-electron chi connectivity index (χ0n) is 5.49. The van der Waals surface area contributed by atoms with E-state index in [-0.39, 0.29) is 0 Å². The van der Waals surface area contributed by atoms with E-state index in [4.69, 9.17) is 0 Å². The Bertz CT molecular complexity index is 55.4. The second-order valence-corrected chi connectivity index (χ2v) is 6.07. The van der Waals surface area contributed by atoms with Crippen LogP contribution in [-0.4, -0.2) is 8.35 Å². The molecule has 0 nitrogen and oxygen atoms in total. The first kappa shape index (κ1) is 6.84. The van der Waals surface area contributed by atoms with Gasteiger partial charge in [0.25, 0.3) is 0 Å². The summed E-state index contributed by atoms with van der Waals surface area (Å²) in [4.78, 5) is 0. The fraction of sp³-hybridized carbons (Fsp3) is 1.00. The molecule has 0 aromatic heterocycles. The molecule has 0 aromatic carbocycles. The normalized spacial score (nSPS) is 31.4. The fourth-order valence-electron chi connectivity index (χ4n) is 1.08. The standard InChI is InChI=1S/C7H14I/c1-2-7-5-3-4-6-8-7/h7H,2-6H2,1H3/q-1. The molecule has 0 saturated carbocycles. The van der Waals surface area contributed by atoms with Crippen LogP contribution < -0.4 is 21.2 Å². The van der Waals surface area contributed by atoms with Gasteiger partial charge in [-0.15, -0.1) is 0 Å². The van der Waals surface area contributed by atoms with Crippen molar-refractivity contribution in [2.75, 3.05) is 4.43 Å². The molecule has 1 heteroatoms. The van der Waals surface area contributed by atoms with Gasteiger partial charge < -0.3 is 0 Å². The van der Waals surface area contributed by atoms with E-state index in [1.54, 1.807) is 17.3 Å². The maximum absolute atomic E-state index is 2.34. The summed E-state index contributed by atoms with van der Waals surface area (Å²) in [5, 5.41) is 0. The maximum atomic E-state index is 2.34. The van der Waals surface area contributed by atoms with Crippen molar-refractivity contribution in [2.45, 2.75) is 36.5 Å². The van der Waals surface area contributed by atoms with Crippen LogP contribution in [-0.2, 0) is 0 Å². The monoisotopic (exact) mass is 225 g/mol. The van der Waals surface area contributed by atoms with Gasteiger partial charge in [0, 0.05) is 0 Å². The van der Waals surface area contributed by atoms with Crippen molar-refractivity contribution in [3.63, 3.8) is 0 Å². The SMILES string of the molecule is CCC1CCCC[I-]1. The van der Waals surface area contributed by atoms with E-state index >= 15 is 0 Å². The summed E-state index contributed by atoms with van der Waals surface area (Å²) in [5.74, 6) is 0. The molecule has 0 aromatic rings. The van der Waals surface area contributed by atoms with Crippen LogP contribution in [0.4, 0.5) is 0 Å². The van der Waals surface area contributed by atoms with Crippen LogP contribution in [0, 0.1) is 0 Å². The average molecular weight is 225 g/mol. The van der Waals surface area contributed by atoms with E-state index < -0.39 is 0 Å². The van der Waals surface area contributed by atoms with Crippen molar-refractivity contribution in [3.8, 4) is 0 Å². The molecule has 8 heavy (non-hydrogen) atoms. The number of hydrogen-bond donors (Lipinski definition) is 0. The number of rotatable bonds is 1. The zero-order valence-corrected chi connectivity index (χ0v) is 7.65. The second-order valence-electron chi connectivity index (χ2n) is 2.34. The van der Waals surface area contributed by atoms with Gasteiger partial charge in [-0.05, 0) is 0 Å². The molecule has 1 unspecified atom stereocenters. The van der Waals surface area contributed by atoms with Crippen LogP contribution in [0.5, 0.6) is 0 Å². The van der Waals surface area contributed by atoms with E-state index in [9.17, 15) is 0 Å². The first-order valence-electron chi connectivity index (χ1n) is 3.51. The summed E-state index contributed by atoms with van der Waals surface area (Å²) in [6.07, 6.45) is 6.10. The zero-order chi connectivity index (χ0) is 5.82. The molecule has 0 bridgehead atoms. The minimum absolute atomic E-state index is 0.649. The van der Waals surface area contributed by atoms with Crippen LogP contribution in [0.25, 0.3) is 0 Å². The third-order valence-corrected chi connectivity index (χ3v) is 5.81. The van der Waals surface area contributed by atoms with E-state index in [2.05, 4.69) is 6.92 Å². The molecule has 1 heterocycles. The van der Waals surface area contributed by atoms with E-state index in [0.29, 0.717) is 21.2 Å². The number of halogens is 1. The quantitative estimate of drug-likeness (QED) is 0.398. The molecule has 1 aliphatic heterocycles. The molecule has 0 N–H and O–H groups in total. The Labute approximate surface area is 62.3 Å². The van der Waals surface area contributed by atoms with Crippen LogP contribution in [0.1, 0.15) is 32.6 Å². The predicted molar refractivity (Wildman–Crippen MR) is 32.8 cm³/mol. The Hall–Kier alpha value is 0.730. The first-order valence-corrected chi connectivity index (χ1v) is 6.28. The summed E-state index contributed by atoms with van der Waals surface area (Å²) in [5.41, 5.74) is 0. The molecule has 1 atom stereocenters. The van der Waals surface area contributed by atoms with E-state index in [1.807, 2.05) is 0 Å². The molecule has 50 valence electrons. The van der Waals surface area contributed by atoms with Gasteiger partial charge in [0.1, 0.15) is 0 Å². The van der Waals surface area contributed by atoms with Crippen LogP contribution in [0.2, 0.25) is 0 Å². The van der Waals surface area contributed by atoms with Gasteiger partial charge >= 0.3 is 62.2 Å². The first-order chi connectivity index (χ1) is 3.93. The molecular weight excluding hydrogens is 211 g/mol. The topological polar surface area (TPSA) is 0 Å². The molecule has 1 fully saturated rings. The Kier molecular flexibility index (Phi) is 3.16. The minimum atomic E-state index is 0.649. The van der Waals surface area contributed by atoms with Crippen molar-refractivity contribution in [1.29, 1.82) is 0 Å². The fourth-order valence-corrected chi connectivity index (χ4v) is 4.45. The van der Waals surface area contributed by atoms with E-state index in [0.717, 1.165) is 0 Å². The van der Waals surface area contributed by atoms with Gasteiger partial charge in [0.15, 0.2) is 0 Å². The van der Waals surface area contributed by atoms with Crippen molar-refractivity contribution < 1.29 is 21.2 Å². The average Bonchev–Trinajstić information content (AvgIpc) is 1.90. The van der Waals surface area contributed by atoms with Gasteiger partial charge in [0.05, 0.1) is 0 Å². The summed E-state index contributed by atoms with van der Waals surface area (Å²) >= 11 is 0.649. The van der Waals surface area contributed by atoms with Crippen molar-refractivity contribution in [2.24, 2.45) is 0 Å². The summed E-state index contributed by atoms with van der Waals surface area (Å²) in [6, 6.07) is 0. The third kappa shape index (κ3) is 1.92. The summed E-state index contributed by atoms with van der Waals surface area (Å²) < 4.78 is 2.81. The second kappa shape index (κ2) is 3.70. The predicted octanol–water partition coefficient (Wildman–Crippen LogP) is -0.962. The Morgan fingerprint density at radius 3 is 2.75 bits per heavy atom. The Morgan fingerprint density at radius 2 is 2.38 bits per heavy atom. The molecule has 0 aliphatic carbocycles. The Balaban J connectivity index is 2.13. The van der Waals surface area contributed by atoms with Crippen LogP contribution in [0.3, 0.4) is 0 Å². The van der Waals surface area contributed by atoms with Gasteiger partial charge in [-0.25, -0.2) is 0 Å². The summed E-state index contributed by atoms with van der Waals surface area (Å²) in [7, 11) is 0. The van der Waals surface area contributed by atoms with Gasteiger partial charge in [-0.2, -0.15) is 0 Å². The number of hydrogen-bond acceptors (Lipinski definition) is 0. The van der Waals surface area contributed by atoms with Crippen molar-refractivity contribution >= 4 is 0 Å². The van der Waals surface area contributed by atoms with Crippen molar-refractivity contribution in [3.05, 3.63) is 0 Å². The van der Waals surface area contributed by atoms with Gasteiger partial charge in [0.2, 0.25) is 0 Å². The molecule has 0 spiro atoms. The van der Waals surface area contributed by atoms with Crippen molar-refractivity contribution in [1.82, 2.24) is 0 Å². The Morgan fingerprint density at radius 1 is 1.50 bits per heavy atom. The van der Waals surface area contributed by atoms with Gasteiger partial charge in [-0.3, -0.25) is 0 Å². The molecule has 0 radical (unpaired) electrons. The molecule has 1 saturated heterocycles. The third-order valence-electron chi connectivity index (χ3n) is 1.67. The van der Waals surface area contributed by atoms with Crippen LogP contribution >= 0.6 is 0 Å². The van der Waals surface area contributed by atoms with Crippen LogP contribution in [0.15, 0.2) is 0 Å². The molecule has 1 aliphatic rings. The van der Waals surface area contributed by atoms with E-state index in [1.165, 1.54) is 16.8 Å². The molecule has 0 amide bonds. The molecular formula is C7H14I-.